The number of fused-ring (bicyclic) bond motifs is 4. The predicted octanol–water partition coefficient (Wildman–Crippen LogP) is 6.41. The first-order valence-corrected chi connectivity index (χ1v) is 14.0. The lowest BCUT2D eigenvalue weighted by Gasteiger charge is -2.28. The number of aromatic nitrogens is 4. The lowest BCUT2D eigenvalue weighted by atomic mass is 9.78. The highest BCUT2D eigenvalue weighted by atomic mass is 35.5. The van der Waals surface area contributed by atoms with E-state index in [9.17, 15) is 4.79 Å². The number of benzene rings is 1. The van der Waals surface area contributed by atoms with Crippen molar-refractivity contribution < 1.29 is 18.9 Å². The molecule has 0 bridgehead atoms. The molecule has 1 fully saturated rings. The van der Waals surface area contributed by atoms with Crippen molar-refractivity contribution in [2.45, 2.75) is 103 Å². The van der Waals surface area contributed by atoms with E-state index in [0.29, 0.717) is 24.0 Å². The van der Waals surface area contributed by atoms with Gasteiger partial charge >= 0.3 is 6.16 Å². The van der Waals surface area contributed by atoms with Crippen LogP contribution in [-0.4, -0.2) is 36.7 Å². The lowest BCUT2D eigenvalue weighted by Crippen LogP contribution is -2.31. The van der Waals surface area contributed by atoms with Gasteiger partial charge in [-0.15, -0.1) is 15.3 Å². The Kier molecular flexibility index (Phi) is 6.68. The Hall–Kier alpha value is -2.91. The average molecular weight is 540 g/mol. The number of carbonyl (C=O) groups is 1. The molecule has 0 spiro atoms. The highest BCUT2D eigenvalue weighted by molar-refractivity contribution is 6.30. The highest BCUT2D eigenvalue weighted by Gasteiger charge is 2.34. The van der Waals surface area contributed by atoms with Crippen molar-refractivity contribution in [1.82, 2.24) is 25.0 Å². The van der Waals surface area contributed by atoms with Gasteiger partial charge in [-0.25, -0.2) is 4.79 Å². The van der Waals surface area contributed by atoms with E-state index in [4.69, 9.17) is 25.7 Å². The van der Waals surface area contributed by atoms with Crippen molar-refractivity contribution >= 4 is 17.8 Å². The Balaban J connectivity index is 1.24. The number of rotatable bonds is 3. The third kappa shape index (κ3) is 5.06. The summed E-state index contributed by atoms with van der Waals surface area (Å²) in [5.41, 5.74) is 3.80. The molecule has 0 atom stereocenters. The number of hydroxylamine groups is 2. The zero-order valence-corrected chi connectivity index (χ0v) is 23.0. The molecular formula is C28H34ClN5O4. The maximum Gasteiger partial charge on any atom is 0.528 e. The zero-order chi connectivity index (χ0) is 26.4. The number of halogens is 1. The number of nitrogens with zero attached hydrogens (tertiary/aromatic N) is 5. The molecule has 0 radical (unpaired) electrons. The molecule has 10 heteroatoms. The van der Waals surface area contributed by atoms with E-state index in [1.54, 1.807) is 25.8 Å². The molecule has 3 aliphatic rings. The van der Waals surface area contributed by atoms with Gasteiger partial charge in [-0.05, 0) is 89.5 Å². The molecule has 2 aromatic heterocycles. The molecule has 0 N–H and O–H groups in total. The summed E-state index contributed by atoms with van der Waals surface area (Å²) in [5, 5.41) is 15.9. The molecule has 3 heterocycles. The first-order chi connectivity index (χ1) is 18.2. The second-order valence-electron chi connectivity index (χ2n) is 11.7. The van der Waals surface area contributed by atoms with Crippen LogP contribution in [0.4, 0.5) is 4.79 Å². The largest absolute Gasteiger partial charge is 0.528 e. The predicted molar refractivity (Wildman–Crippen MR) is 140 cm³/mol. The van der Waals surface area contributed by atoms with Gasteiger partial charge in [-0.2, -0.15) is 0 Å². The van der Waals surface area contributed by atoms with Crippen molar-refractivity contribution in [2.75, 3.05) is 0 Å². The van der Waals surface area contributed by atoms with Gasteiger partial charge in [-0.3, -0.25) is 4.57 Å². The van der Waals surface area contributed by atoms with E-state index in [2.05, 4.69) is 19.9 Å². The number of carbonyl (C=O) groups excluding carboxylic acids is 1. The Morgan fingerprint density at radius 2 is 1.82 bits per heavy atom. The van der Waals surface area contributed by atoms with Crippen LogP contribution in [0.5, 0.6) is 0 Å². The summed E-state index contributed by atoms with van der Waals surface area (Å²) in [5.74, 6) is 3.48. The van der Waals surface area contributed by atoms with Gasteiger partial charge < -0.3 is 14.1 Å². The molecule has 0 unspecified atom stereocenters. The molecule has 2 aliphatic carbocycles. The fourth-order valence-electron chi connectivity index (χ4n) is 6.06. The van der Waals surface area contributed by atoms with Gasteiger partial charge in [-0.1, -0.05) is 16.8 Å². The van der Waals surface area contributed by atoms with Crippen molar-refractivity contribution in [3.8, 4) is 5.69 Å². The summed E-state index contributed by atoms with van der Waals surface area (Å²) in [7, 11) is 0. The summed E-state index contributed by atoms with van der Waals surface area (Å²) >= 11 is 6.37. The molecule has 1 aromatic carbocycles. The first kappa shape index (κ1) is 25.4. The average Bonchev–Trinajstić information content (AvgIpc) is 3.44. The van der Waals surface area contributed by atoms with E-state index in [0.717, 1.165) is 67.2 Å². The second-order valence-corrected chi connectivity index (χ2v) is 12.1. The van der Waals surface area contributed by atoms with Crippen molar-refractivity contribution in [2.24, 2.45) is 0 Å². The van der Waals surface area contributed by atoms with Gasteiger partial charge in [0.05, 0.1) is 24.5 Å². The third-order valence-electron chi connectivity index (χ3n) is 7.75. The van der Waals surface area contributed by atoms with Crippen LogP contribution in [0.3, 0.4) is 0 Å². The molecule has 6 rings (SSSR count). The van der Waals surface area contributed by atoms with Crippen LogP contribution in [-0.2, 0) is 35.5 Å². The monoisotopic (exact) mass is 539 g/mol. The molecule has 202 valence electrons. The summed E-state index contributed by atoms with van der Waals surface area (Å²) < 4.78 is 13.2. The summed E-state index contributed by atoms with van der Waals surface area (Å²) in [6.45, 7) is 6.07. The molecule has 9 nitrogen and oxygen atoms in total. The summed E-state index contributed by atoms with van der Waals surface area (Å²) in [6, 6.07) is 5.78. The minimum atomic E-state index is -0.748. The van der Waals surface area contributed by atoms with Crippen LogP contribution in [0, 0.1) is 0 Å². The number of hydrogen-bond donors (Lipinski definition) is 0. The van der Waals surface area contributed by atoms with Crippen molar-refractivity contribution in [1.29, 1.82) is 0 Å². The number of aryl methyl sites for hydroxylation is 1. The number of ether oxygens (including phenoxy) is 1. The van der Waals surface area contributed by atoms with E-state index < -0.39 is 11.8 Å². The smallest absolute Gasteiger partial charge is 0.427 e. The zero-order valence-electron chi connectivity index (χ0n) is 22.2. The van der Waals surface area contributed by atoms with Gasteiger partial charge in [0.15, 0.2) is 5.82 Å². The maximum atomic E-state index is 12.4. The van der Waals surface area contributed by atoms with E-state index >= 15 is 0 Å². The van der Waals surface area contributed by atoms with Crippen molar-refractivity contribution in [3.63, 3.8) is 0 Å². The Bertz CT molecular complexity index is 1340. The van der Waals surface area contributed by atoms with Crippen LogP contribution >= 0.6 is 11.6 Å². The Morgan fingerprint density at radius 1 is 1.05 bits per heavy atom. The van der Waals surface area contributed by atoms with E-state index in [1.807, 2.05) is 18.2 Å². The quantitative estimate of drug-likeness (QED) is 0.352. The van der Waals surface area contributed by atoms with Crippen LogP contribution in [0.1, 0.15) is 105 Å². The van der Waals surface area contributed by atoms with Gasteiger partial charge in [0.2, 0.25) is 0 Å². The normalized spacial score (nSPS) is 21.7. The minimum Gasteiger partial charge on any atom is -0.427 e. The van der Waals surface area contributed by atoms with Crippen LogP contribution in [0.25, 0.3) is 5.69 Å². The first-order valence-electron chi connectivity index (χ1n) is 13.6. The molecular weight excluding hydrogens is 506 g/mol. The standard InChI is InChI=1S/C28H34ClN5O4/c1-28(2,3)36-27(35)38-33-15-19-14-20(29)12-13-22(19)34-24(16-33)30-31-26(34)18-10-8-17(9-11-18)25-21-6-4-5-7-23(21)37-32-25/h12-14,17-18H,4-11,15-16H2,1-3H3/t17-,18-. The van der Waals surface area contributed by atoms with Crippen LogP contribution in [0.15, 0.2) is 22.7 Å². The molecule has 38 heavy (non-hydrogen) atoms. The van der Waals surface area contributed by atoms with Crippen LogP contribution in [0.2, 0.25) is 5.02 Å². The fraction of sp³-hybridized carbons (Fsp3) is 0.571. The highest BCUT2D eigenvalue weighted by Crippen LogP contribution is 2.43. The molecule has 0 amide bonds. The molecule has 1 aliphatic heterocycles. The molecule has 3 aromatic rings. The Labute approximate surface area is 227 Å². The minimum absolute atomic E-state index is 0.275. The topological polar surface area (TPSA) is 95.5 Å². The molecule has 0 saturated heterocycles. The van der Waals surface area contributed by atoms with Crippen molar-refractivity contribution in [3.05, 3.63) is 57.5 Å². The second kappa shape index (κ2) is 10.0. The third-order valence-corrected chi connectivity index (χ3v) is 7.99. The summed E-state index contributed by atoms with van der Waals surface area (Å²) in [4.78, 5) is 18.0. The van der Waals surface area contributed by atoms with Gasteiger partial charge in [0.1, 0.15) is 17.2 Å². The van der Waals surface area contributed by atoms with E-state index in [-0.39, 0.29) is 5.92 Å². The summed E-state index contributed by atoms with van der Waals surface area (Å²) in [6.07, 6.45) is 7.88. The van der Waals surface area contributed by atoms with Gasteiger partial charge in [0.25, 0.3) is 0 Å². The van der Waals surface area contributed by atoms with Gasteiger partial charge in [0, 0.05) is 28.8 Å². The van der Waals surface area contributed by atoms with Crippen LogP contribution < -0.4 is 0 Å². The fourth-order valence-corrected chi connectivity index (χ4v) is 6.25. The van der Waals surface area contributed by atoms with E-state index in [1.165, 1.54) is 24.1 Å². The number of hydrogen-bond acceptors (Lipinski definition) is 8. The SMILES string of the molecule is CC(C)(C)OC(=O)ON1Cc2cc(Cl)ccc2-n2c(nnc2[C@H]2CC[C@H](c3noc4c3CCCC4)CC2)C1. The molecule has 1 saturated carbocycles. The maximum absolute atomic E-state index is 12.4. The lowest BCUT2D eigenvalue weighted by molar-refractivity contribution is -0.155. The Morgan fingerprint density at radius 3 is 2.61 bits per heavy atom.